The number of hydrogen-bond acceptors (Lipinski definition) is 3. The smallest absolute Gasteiger partial charge is 0.129 e. The standard InChI is InChI=1S/C12H19N3/c1-3-6-15(10-4-5-10)12-7-9(2)11(13)8-14-12/h7-8,10H,3-6,13H2,1-2H3. The molecule has 3 nitrogen and oxygen atoms in total. The zero-order valence-corrected chi connectivity index (χ0v) is 9.53. The van der Waals surface area contributed by atoms with Crippen LogP contribution >= 0.6 is 0 Å². The topological polar surface area (TPSA) is 42.1 Å². The zero-order valence-electron chi connectivity index (χ0n) is 9.53. The lowest BCUT2D eigenvalue weighted by molar-refractivity contribution is 0.750. The van der Waals surface area contributed by atoms with E-state index in [9.17, 15) is 0 Å². The Bertz CT molecular complexity index is 345. The minimum Gasteiger partial charge on any atom is -0.397 e. The van der Waals surface area contributed by atoms with Gasteiger partial charge in [-0.05, 0) is 37.8 Å². The molecule has 0 aliphatic heterocycles. The minimum absolute atomic E-state index is 0.723. The maximum atomic E-state index is 5.77. The molecule has 2 N–H and O–H groups in total. The molecular weight excluding hydrogens is 186 g/mol. The van der Waals surface area contributed by atoms with Crippen molar-refractivity contribution in [2.24, 2.45) is 0 Å². The molecule has 0 spiro atoms. The van der Waals surface area contributed by atoms with E-state index in [0.29, 0.717) is 0 Å². The van der Waals surface area contributed by atoms with Gasteiger partial charge in [0.25, 0.3) is 0 Å². The molecule has 82 valence electrons. The van der Waals surface area contributed by atoms with Crippen LogP contribution in [0.15, 0.2) is 12.3 Å². The van der Waals surface area contributed by atoms with Crippen molar-refractivity contribution in [2.75, 3.05) is 17.2 Å². The molecule has 0 saturated heterocycles. The lowest BCUT2D eigenvalue weighted by Crippen LogP contribution is -2.27. The van der Waals surface area contributed by atoms with Gasteiger partial charge >= 0.3 is 0 Å². The van der Waals surface area contributed by atoms with Crippen molar-refractivity contribution in [2.45, 2.75) is 39.2 Å². The van der Waals surface area contributed by atoms with Gasteiger partial charge in [0, 0.05) is 12.6 Å². The third-order valence-corrected chi connectivity index (χ3v) is 2.88. The van der Waals surface area contributed by atoms with Gasteiger partial charge in [-0.15, -0.1) is 0 Å². The lowest BCUT2D eigenvalue weighted by Gasteiger charge is -2.23. The summed E-state index contributed by atoms with van der Waals surface area (Å²) in [6, 6.07) is 2.82. The SMILES string of the molecule is CCCN(c1cc(C)c(N)cn1)C1CC1. The van der Waals surface area contributed by atoms with Crippen LogP contribution in [-0.2, 0) is 0 Å². The van der Waals surface area contributed by atoms with E-state index in [-0.39, 0.29) is 0 Å². The highest BCUT2D eigenvalue weighted by atomic mass is 15.2. The van der Waals surface area contributed by atoms with Gasteiger partial charge < -0.3 is 10.6 Å². The van der Waals surface area contributed by atoms with E-state index >= 15 is 0 Å². The molecule has 0 aromatic carbocycles. The predicted octanol–water partition coefficient (Wildman–Crippen LogP) is 2.35. The summed E-state index contributed by atoms with van der Waals surface area (Å²) in [5, 5.41) is 0. The highest BCUT2D eigenvalue weighted by Gasteiger charge is 2.29. The van der Waals surface area contributed by atoms with Crippen molar-refractivity contribution >= 4 is 11.5 Å². The largest absolute Gasteiger partial charge is 0.397 e. The van der Waals surface area contributed by atoms with Crippen molar-refractivity contribution in [3.63, 3.8) is 0 Å². The molecule has 0 amide bonds. The third kappa shape index (κ3) is 2.22. The van der Waals surface area contributed by atoms with Gasteiger partial charge in [0.1, 0.15) is 5.82 Å². The molecule has 0 atom stereocenters. The van der Waals surface area contributed by atoms with Crippen molar-refractivity contribution in [1.29, 1.82) is 0 Å². The summed E-state index contributed by atoms with van der Waals surface area (Å²) in [7, 11) is 0. The van der Waals surface area contributed by atoms with E-state index in [2.05, 4.69) is 22.9 Å². The van der Waals surface area contributed by atoms with Crippen molar-refractivity contribution in [3.05, 3.63) is 17.8 Å². The fourth-order valence-electron chi connectivity index (χ4n) is 1.82. The Hall–Kier alpha value is -1.25. The van der Waals surface area contributed by atoms with Gasteiger partial charge in [-0.1, -0.05) is 6.92 Å². The van der Waals surface area contributed by atoms with Crippen LogP contribution in [0.4, 0.5) is 11.5 Å². The maximum absolute atomic E-state index is 5.77. The van der Waals surface area contributed by atoms with Crippen LogP contribution in [0.25, 0.3) is 0 Å². The average Bonchev–Trinajstić information content (AvgIpc) is 3.02. The van der Waals surface area contributed by atoms with Crippen molar-refractivity contribution in [3.8, 4) is 0 Å². The van der Waals surface area contributed by atoms with E-state index in [1.807, 2.05) is 6.92 Å². The van der Waals surface area contributed by atoms with E-state index in [1.54, 1.807) is 6.20 Å². The second-order valence-electron chi connectivity index (χ2n) is 4.32. The summed E-state index contributed by atoms with van der Waals surface area (Å²) in [6.07, 6.45) is 5.56. The molecule has 15 heavy (non-hydrogen) atoms. The number of nitrogens with two attached hydrogens (primary N) is 1. The van der Waals surface area contributed by atoms with Crippen LogP contribution in [0.3, 0.4) is 0 Å². The monoisotopic (exact) mass is 205 g/mol. The Labute approximate surface area is 91.3 Å². The number of rotatable bonds is 4. The molecule has 1 saturated carbocycles. The van der Waals surface area contributed by atoms with E-state index in [4.69, 9.17) is 5.73 Å². The normalized spacial score (nSPS) is 15.3. The lowest BCUT2D eigenvalue weighted by atomic mass is 10.2. The number of nitrogen functional groups attached to an aromatic ring is 1. The summed E-state index contributed by atoms with van der Waals surface area (Å²) >= 11 is 0. The number of hydrogen-bond donors (Lipinski definition) is 1. The summed E-state index contributed by atoms with van der Waals surface area (Å²) < 4.78 is 0. The van der Waals surface area contributed by atoms with Gasteiger partial charge in [-0.3, -0.25) is 0 Å². The molecule has 0 radical (unpaired) electrons. The molecule has 1 aromatic rings. The molecule has 0 unspecified atom stereocenters. The molecule has 2 rings (SSSR count). The number of anilines is 2. The predicted molar refractivity (Wildman–Crippen MR) is 64.0 cm³/mol. The Morgan fingerprint density at radius 1 is 1.53 bits per heavy atom. The van der Waals surface area contributed by atoms with E-state index < -0.39 is 0 Å². The molecular formula is C12H19N3. The Morgan fingerprint density at radius 2 is 2.27 bits per heavy atom. The third-order valence-electron chi connectivity index (χ3n) is 2.88. The van der Waals surface area contributed by atoms with Gasteiger partial charge in [-0.2, -0.15) is 0 Å². The summed E-state index contributed by atoms with van der Waals surface area (Å²) in [4.78, 5) is 6.83. The van der Waals surface area contributed by atoms with Crippen LogP contribution in [0, 0.1) is 6.92 Å². The summed E-state index contributed by atoms with van der Waals surface area (Å²) in [5.41, 5.74) is 7.68. The molecule has 1 fully saturated rings. The van der Waals surface area contributed by atoms with Crippen molar-refractivity contribution < 1.29 is 0 Å². The molecule has 3 heteroatoms. The number of nitrogens with zero attached hydrogens (tertiary/aromatic N) is 2. The first kappa shape index (κ1) is 10.3. The molecule has 1 aromatic heterocycles. The minimum atomic E-state index is 0.723. The Balaban J connectivity index is 2.21. The summed E-state index contributed by atoms with van der Waals surface area (Å²) in [6.45, 7) is 5.35. The molecule has 1 heterocycles. The van der Waals surface area contributed by atoms with Gasteiger partial charge in [-0.25, -0.2) is 4.98 Å². The van der Waals surface area contributed by atoms with Crippen LogP contribution in [0.1, 0.15) is 31.7 Å². The van der Waals surface area contributed by atoms with E-state index in [1.165, 1.54) is 19.3 Å². The zero-order chi connectivity index (χ0) is 10.8. The van der Waals surface area contributed by atoms with Crippen LogP contribution in [-0.4, -0.2) is 17.6 Å². The first-order valence-corrected chi connectivity index (χ1v) is 5.71. The fourth-order valence-corrected chi connectivity index (χ4v) is 1.82. The highest BCUT2D eigenvalue weighted by molar-refractivity contribution is 5.53. The van der Waals surface area contributed by atoms with Crippen LogP contribution < -0.4 is 10.6 Å². The van der Waals surface area contributed by atoms with Gasteiger partial charge in [0.2, 0.25) is 0 Å². The molecule has 0 bridgehead atoms. The van der Waals surface area contributed by atoms with E-state index in [0.717, 1.165) is 29.7 Å². The van der Waals surface area contributed by atoms with Gasteiger partial charge in [0.15, 0.2) is 0 Å². The molecule has 1 aliphatic carbocycles. The Morgan fingerprint density at radius 3 is 2.80 bits per heavy atom. The average molecular weight is 205 g/mol. The second-order valence-corrected chi connectivity index (χ2v) is 4.32. The number of pyridine rings is 1. The van der Waals surface area contributed by atoms with Crippen molar-refractivity contribution in [1.82, 2.24) is 4.98 Å². The number of aromatic nitrogens is 1. The van der Waals surface area contributed by atoms with Gasteiger partial charge in [0.05, 0.1) is 11.9 Å². The van der Waals surface area contributed by atoms with Crippen LogP contribution in [0.5, 0.6) is 0 Å². The highest BCUT2D eigenvalue weighted by Crippen LogP contribution is 2.31. The maximum Gasteiger partial charge on any atom is 0.129 e. The quantitative estimate of drug-likeness (QED) is 0.820. The Kier molecular flexibility index (Phi) is 2.80. The fraction of sp³-hybridized carbons (Fsp3) is 0.583. The summed E-state index contributed by atoms with van der Waals surface area (Å²) in [5.74, 6) is 1.09. The first-order chi connectivity index (χ1) is 7.22. The second kappa shape index (κ2) is 4.09. The molecule has 1 aliphatic rings. The first-order valence-electron chi connectivity index (χ1n) is 5.71. The number of aryl methyl sites for hydroxylation is 1. The van der Waals surface area contributed by atoms with Crippen LogP contribution in [0.2, 0.25) is 0 Å².